The number of hydrogen-bond acceptors (Lipinski definition) is 2. The molecular weight excluding hydrogens is 202 g/mol. The van der Waals surface area contributed by atoms with Gasteiger partial charge in [0.2, 0.25) is 5.91 Å². The molecule has 16 heavy (non-hydrogen) atoms. The first-order chi connectivity index (χ1) is 7.77. The summed E-state index contributed by atoms with van der Waals surface area (Å²) in [6.07, 6.45) is 5.67. The van der Waals surface area contributed by atoms with Crippen LogP contribution in [0.2, 0.25) is 0 Å². The fourth-order valence-electron chi connectivity index (χ4n) is 3.21. The van der Waals surface area contributed by atoms with Crippen molar-refractivity contribution >= 4 is 5.91 Å². The van der Waals surface area contributed by atoms with Crippen molar-refractivity contribution in [1.29, 1.82) is 0 Å². The molecular formula is C13H23NO2. The summed E-state index contributed by atoms with van der Waals surface area (Å²) in [6, 6.07) is 0. The van der Waals surface area contributed by atoms with Gasteiger partial charge in [-0.3, -0.25) is 4.79 Å². The predicted octanol–water partition coefficient (Wildman–Crippen LogP) is 1.56. The van der Waals surface area contributed by atoms with E-state index in [-0.39, 0.29) is 12.5 Å². The Morgan fingerprint density at radius 1 is 1.44 bits per heavy atom. The molecule has 0 saturated heterocycles. The minimum Gasteiger partial charge on any atom is -0.396 e. The van der Waals surface area contributed by atoms with Crippen LogP contribution in [0.15, 0.2) is 0 Å². The van der Waals surface area contributed by atoms with E-state index in [1.807, 2.05) is 0 Å². The molecule has 0 aromatic heterocycles. The van der Waals surface area contributed by atoms with E-state index < -0.39 is 0 Å². The third-order valence-corrected chi connectivity index (χ3v) is 4.39. The van der Waals surface area contributed by atoms with Crippen molar-refractivity contribution in [2.75, 3.05) is 13.2 Å². The minimum atomic E-state index is 0.225. The fraction of sp³-hybridized carbons (Fsp3) is 0.923. The SMILES string of the molecule is CCC(CCO)CNC(=O)C1C2CCCC21. The van der Waals surface area contributed by atoms with Crippen molar-refractivity contribution < 1.29 is 9.90 Å². The van der Waals surface area contributed by atoms with E-state index in [1.54, 1.807) is 0 Å². The molecule has 3 nitrogen and oxygen atoms in total. The van der Waals surface area contributed by atoms with Crippen LogP contribution in [-0.4, -0.2) is 24.2 Å². The second-order valence-corrected chi connectivity index (χ2v) is 5.32. The summed E-state index contributed by atoms with van der Waals surface area (Å²) >= 11 is 0. The monoisotopic (exact) mass is 225 g/mol. The number of aliphatic hydroxyl groups excluding tert-OH is 1. The van der Waals surface area contributed by atoms with Crippen molar-refractivity contribution in [3.8, 4) is 0 Å². The molecule has 3 heteroatoms. The number of carbonyl (C=O) groups is 1. The Labute approximate surface area is 97.6 Å². The molecule has 2 saturated carbocycles. The van der Waals surface area contributed by atoms with E-state index in [0.717, 1.165) is 19.4 Å². The van der Waals surface area contributed by atoms with Gasteiger partial charge in [0.05, 0.1) is 0 Å². The van der Waals surface area contributed by atoms with Crippen LogP contribution in [0.1, 0.15) is 39.0 Å². The van der Waals surface area contributed by atoms with Gasteiger partial charge < -0.3 is 10.4 Å². The van der Waals surface area contributed by atoms with Crippen molar-refractivity contribution in [3.05, 3.63) is 0 Å². The van der Waals surface area contributed by atoms with Crippen molar-refractivity contribution in [2.24, 2.45) is 23.7 Å². The van der Waals surface area contributed by atoms with Crippen LogP contribution in [0.3, 0.4) is 0 Å². The Bertz CT molecular complexity index is 244. The summed E-state index contributed by atoms with van der Waals surface area (Å²) in [6.45, 7) is 3.08. The van der Waals surface area contributed by atoms with Gasteiger partial charge in [0, 0.05) is 19.1 Å². The van der Waals surface area contributed by atoms with E-state index in [4.69, 9.17) is 5.11 Å². The first-order valence-corrected chi connectivity index (χ1v) is 6.66. The van der Waals surface area contributed by atoms with Crippen LogP contribution in [0.5, 0.6) is 0 Å². The molecule has 0 radical (unpaired) electrons. The third-order valence-electron chi connectivity index (χ3n) is 4.39. The number of carbonyl (C=O) groups excluding carboxylic acids is 1. The standard InChI is InChI=1S/C13H23NO2/c1-2-9(6-7-15)8-14-13(16)12-10-4-3-5-11(10)12/h9-12,15H,2-8H2,1H3,(H,14,16). The number of amides is 1. The van der Waals surface area contributed by atoms with Crippen LogP contribution in [0, 0.1) is 23.7 Å². The number of aliphatic hydroxyl groups is 1. The molecule has 2 rings (SSSR count). The average molecular weight is 225 g/mol. The number of fused-ring (bicyclic) bond motifs is 1. The third kappa shape index (κ3) is 2.40. The van der Waals surface area contributed by atoms with Crippen molar-refractivity contribution in [2.45, 2.75) is 39.0 Å². The molecule has 2 fully saturated rings. The lowest BCUT2D eigenvalue weighted by Gasteiger charge is -2.14. The Balaban J connectivity index is 1.68. The lowest BCUT2D eigenvalue weighted by atomic mass is 10.0. The maximum atomic E-state index is 11.9. The zero-order valence-corrected chi connectivity index (χ0v) is 10.1. The summed E-state index contributed by atoms with van der Waals surface area (Å²) in [5.41, 5.74) is 0. The highest BCUT2D eigenvalue weighted by atomic mass is 16.3. The van der Waals surface area contributed by atoms with Crippen LogP contribution in [0.25, 0.3) is 0 Å². The maximum Gasteiger partial charge on any atom is 0.223 e. The number of nitrogens with one attached hydrogen (secondary N) is 1. The normalized spacial score (nSPS) is 33.2. The van der Waals surface area contributed by atoms with Gasteiger partial charge in [-0.25, -0.2) is 0 Å². The molecule has 2 N–H and O–H groups in total. The quantitative estimate of drug-likeness (QED) is 0.720. The molecule has 92 valence electrons. The predicted molar refractivity (Wildman–Crippen MR) is 62.8 cm³/mol. The van der Waals surface area contributed by atoms with Crippen molar-refractivity contribution in [1.82, 2.24) is 5.32 Å². The molecule has 0 bridgehead atoms. The molecule has 2 aliphatic rings. The number of hydrogen-bond donors (Lipinski definition) is 2. The summed E-state index contributed by atoms with van der Waals surface area (Å²) in [7, 11) is 0. The molecule has 0 heterocycles. The van der Waals surface area contributed by atoms with E-state index in [1.165, 1.54) is 19.3 Å². The van der Waals surface area contributed by atoms with Gasteiger partial charge in [0.15, 0.2) is 0 Å². The highest BCUT2D eigenvalue weighted by Crippen LogP contribution is 2.57. The summed E-state index contributed by atoms with van der Waals surface area (Å²) < 4.78 is 0. The van der Waals surface area contributed by atoms with E-state index in [2.05, 4.69) is 12.2 Å². The zero-order valence-electron chi connectivity index (χ0n) is 10.1. The summed E-state index contributed by atoms with van der Waals surface area (Å²) in [4.78, 5) is 11.9. The Morgan fingerprint density at radius 3 is 2.69 bits per heavy atom. The lowest BCUT2D eigenvalue weighted by Crippen LogP contribution is -2.31. The topological polar surface area (TPSA) is 49.3 Å². The Morgan fingerprint density at radius 2 is 2.12 bits per heavy atom. The zero-order chi connectivity index (χ0) is 11.5. The molecule has 0 aliphatic heterocycles. The average Bonchev–Trinajstić information content (AvgIpc) is 2.78. The highest BCUT2D eigenvalue weighted by Gasteiger charge is 2.56. The smallest absolute Gasteiger partial charge is 0.223 e. The van der Waals surface area contributed by atoms with Crippen molar-refractivity contribution in [3.63, 3.8) is 0 Å². The van der Waals surface area contributed by atoms with Gasteiger partial charge in [-0.1, -0.05) is 19.8 Å². The summed E-state index contributed by atoms with van der Waals surface area (Å²) in [5.74, 6) is 2.45. The molecule has 1 amide bonds. The van der Waals surface area contributed by atoms with E-state index in [0.29, 0.717) is 23.7 Å². The van der Waals surface area contributed by atoms with Gasteiger partial charge in [-0.05, 0) is 37.0 Å². The summed E-state index contributed by atoms with van der Waals surface area (Å²) in [5, 5.41) is 11.9. The van der Waals surface area contributed by atoms with Gasteiger partial charge in [0.25, 0.3) is 0 Å². The van der Waals surface area contributed by atoms with Gasteiger partial charge in [0.1, 0.15) is 0 Å². The second-order valence-electron chi connectivity index (χ2n) is 5.32. The molecule has 2 aliphatic carbocycles. The second kappa shape index (κ2) is 5.17. The van der Waals surface area contributed by atoms with Crippen LogP contribution in [-0.2, 0) is 4.79 Å². The van der Waals surface area contributed by atoms with Crippen LogP contribution in [0.4, 0.5) is 0 Å². The molecule has 0 aromatic carbocycles. The largest absolute Gasteiger partial charge is 0.396 e. The Hall–Kier alpha value is -0.570. The molecule has 3 unspecified atom stereocenters. The first-order valence-electron chi connectivity index (χ1n) is 6.66. The van der Waals surface area contributed by atoms with Crippen LogP contribution < -0.4 is 5.32 Å². The first kappa shape index (κ1) is 11.9. The molecule has 0 aromatic rings. The fourth-order valence-corrected chi connectivity index (χ4v) is 3.21. The number of rotatable bonds is 6. The Kier molecular flexibility index (Phi) is 3.85. The van der Waals surface area contributed by atoms with E-state index in [9.17, 15) is 4.79 Å². The highest BCUT2D eigenvalue weighted by molar-refractivity contribution is 5.82. The molecule has 0 spiro atoms. The lowest BCUT2D eigenvalue weighted by molar-refractivity contribution is -0.123. The van der Waals surface area contributed by atoms with Crippen LogP contribution >= 0.6 is 0 Å². The van der Waals surface area contributed by atoms with Gasteiger partial charge in [-0.2, -0.15) is 0 Å². The van der Waals surface area contributed by atoms with E-state index >= 15 is 0 Å². The van der Waals surface area contributed by atoms with Gasteiger partial charge >= 0.3 is 0 Å². The maximum absolute atomic E-state index is 11.9. The minimum absolute atomic E-state index is 0.225. The molecule has 3 atom stereocenters. The van der Waals surface area contributed by atoms with Gasteiger partial charge in [-0.15, -0.1) is 0 Å².